The van der Waals surface area contributed by atoms with Gasteiger partial charge in [0.15, 0.2) is 17.5 Å². The lowest BCUT2D eigenvalue weighted by Crippen LogP contribution is -2.43. The number of hydrogen-bond donors (Lipinski definition) is 3. The van der Waals surface area contributed by atoms with Crippen molar-refractivity contribution < 1.29 is 32.9 Å². The summed E-state index contributed by atoms with van der Waals surface area (Å²) in [5.41, 5.74) is 2.10. The second kappa shape index (κ2) is 12.2. The van der Waals surface area contributed by atoms with Crippen molar-refractivity contribution >= 4 is 22.6 Å². The highest BCUT2D eigenvalue weighted by atomic mass is 19.2. The van der Waals surface area contributed by atoms with Crippen LogP contribution in [-0.2, 0) is 4.79 Å². The molecule has 1 atom stereocenters. The van der Waals surface area contributed by atoms with Crippen LogP contribution in [0.4, 0.5) is 18.9 Å². The average Bonchev–Trinajstić information content (AvgIpc) is 2.90. The van der Waals surface area contributed by atoms with E-state index in [0.717, 1.165) is 34.2 Å². The summed E-state index contributed by atoms with van der Waals surface area (Å²) in [6, 6.07) is 7.37. The van der Waals surface area contributed by atoms with E-state index >= 15 is 0 Å². The molecule has 0 radical (unpaired) electrons. The number of ether oxygens (including phenoxy) is 1. The van der Waals surface area contributed by atoms with E-state index in [1.807, 2.05) is 25.1 Å². The maximum absolute atomic E-state index is 13.4. The third kappa shape index (κ3) is 6.80. The van der Waals surface area contributed by atoms with Crippen molar-refractivity contribution in [1.29, 1.82) is 0 Å². The minimum atomic E-state index is -1.50. The van der Waals surface area contributed by atoms with E-state index in [4.69, 9.17) is 4.74 Å². The highest BCUT2D eigenvalue weighted by molar-refractivity contribution is 5.84. The van der Waals surface area contributed by atoms with Gasteiger partial charge in [0.1, 0.15) is 5.75 Å². The predicted molar refractivity (Wildman–Crippen MR) is 142 cm³/mol. The molecule has 4 rings (SSSR count). The monoisotopic (exact) mass is 545 g/mol. The molecular weight excluding hydrogens is 511 g/mol. The fraction of sp³-hybridized carbons (Fsp3) is 0.448. The first-order valence-electron chi connectivity index (χ1n) is 13.0. The van der Waals surface area contributed by atoms with Crippen molar-refractivity contribution in [3.05, 3.63) is 65.1 Å². The van der Waals surface area contributed by atoms with E-state index in [1.165, 1.54) is 0 Å². The lowest BCUT2D eigenvalue weighted by Gasteiger charge is -2.41. The standard InChI is InChI=1S/C29H34F3N3O4/c1-18-17-34-24-4-3-20(39-2)15-21(24)27(18)25(36)5-6-29(16-26(37)38)7-10-35(11-8-29)12-9-33-19-13-22(30)28(32)23(31)14-19/h3-4,13-15,17,25,33,36H,5-12,16H2,1-2H3,(H,37,38)/t25-/m1/s1. The Kier molecular flexibility index (Phi) is 8.97. The number of anilines is 1. The van der Waals surface area contributed by atoms with E-state index < -0.39 is 34.9 Å². The highest BCUT2D eigenvalue weighted by Gasteiger charge is 2.37. The topological polar surface area (TPSA) is 94.9 Å². The Labute approximate surface area is 225 Å². The number of aliphatic carboxylic acids is 1. The number of carbonyl (C=O) groups is 1. The predicted octanol–water partition coefficient (Wildman–Crippen LogP) is 5.45. The Morgan fingerprint density at radius 3 is 2.51 bits per heavy atom. The number of rotatable bonds is 11. The van der Waals surface area contributed by atoms with Gasteiger partial charge in [-0.05, 0) is 80.4 Å². The first-order chi connectivity index (χ1) is 18.6. The average molecular weight is 546 g/mol. The summed E-state index contributed by atoms with van der Waals surface area (Å²) in [4.78, 5) is 18.4. The van der Waals surface area contributed by atoms with Crippen LogP contribution in [0.2, 0.25) is 0 Å². The highest BCUT2D eigenvalue weighted by Crippen LogP contribution is 2.42. The molecule has 0 bridgehead atoms. The molecule has 1 aliphatic heterocycles. The third-order valence-corrected chi connectivity index (χ3v) is 7.78. The molecule has 2 aromatic carbocycles. The molecule has 0 aliphatic carbocycles. The van der Waals surface area contributed by atoms with Crippen LogP contribution >= 0.6 is 0 Å². The van der Waals surface area contributed by atoms with Crippen LogP contribution < -0.4 is 10.1 Å². The van der Waals surface area contributed by atoms with E-state index in [-0.39, 0.29) is 12.1 Å². The summed E-state index contributed by atoms with van der Waals surface area (Å²) in [7, 11) is 1.58. The fourth-order valence-electron chi connectivity index (χ4n) is 5.55. The fourth-order valence-corrected chi connectivity index (χ4v) is 5.55. The molecule has 3 aromatic rings. The summed E-state index contributed by atoms with van der Waals surface area (Å²) < 4.78 is 45.4. The van der Waals surface area contributed by atoms with Crippen molar-refractivity contribution in [2.75, 3.05) is 38.6 Å². The molecule has 1 aliphatic rings. The molecule has 1 saturated heterocycles. The number of aryl methyl sites for hydroxylation is 1. The van der Waals surface area contributed by atoms with E-state index in [2.05, 4.69) is 15.2 Å². The van der Waals surface area contributed by atoms with Crippen LogP contribution in [-0.4, -0.2) is 59.4 Å². The third-order valence-electron chi connectivity index (χ3n) is 7.78. The van der Waals surface area contributed by atoms with E-state index in [0.29, 0.717) is 57.6 Å². The van der Waals surface area contributed by atoms with Gasteiger partial charge in [-0.3, -0.25) is 9.78 Å². The molecule has 210 valence electrons. The van der Waals surface area contributed by atoms with Gasteiger partial charge in [0, 0.05) is 42.5 Å². The molecule has 7 nitrogen and oxygen atoms in total. The first-order valence-corrected chi connectivity index (χ1v) is 13.0. The summed E-state index contributed by atoms with van der Waals surface area (Å²) in [5.74, 6) is -4.18. The van der Waals surface area contributed by atoms with Crippen LogP contribution in [0.5, 0.6) is 5.75 Å². The molecule has 0 saturated carbocycles. The summed E-state index contributed by atoms with van der Waals surface area (Å²) in [5, 5.41) is 24.6. The molecule has 1 fully saturated rings. The summed E-state index contributed by atoms with van der Waals surface area (Å²) in [6.45, 7) is 4.19. The second-order valence-corrected chi connectivity index (χ2v) is 10.4. The van der Waals surface area contributed by atoms with Gasteiger partial charge in [-0.1, -0.05) is 0 Å². The number of halogens is 3. The number of likely N-dealkylation sites (tertiary alicyclic amines) is 1. The van der Waals surface area contributed by atoms with Crippen LogP contribution in [0, 0.1) is 29.8 Å². The Morgan fingerprint density at radius 2 is 1.87 bits per heavy atom. The number of aromatic nitrogens is 1. The zero-order chi connectivity index (χ0) is 28.2. The van der Waals surface area contributed by atoms with Gasteiger partial charge in [0.2, 0.25) is 0 Å². The number of hydrogen-bond acceptors (Lipinski definition) is 6. The summed E-state index contributed by atoms with van der Waals surface area (Å²) in [6.07, 6.45) is 3.23. The number of nitrogens with one attached hydrogen (secondary N) is 1. The number of aliphatic hydroxyl groups excluding tert-OH is 1. The first kappa shape index (κ1) is 28.6. The maximum atomic E-state index is 13.4. The number of nitrogens with zero attached hydrogens (tertiary/aromatic N) is 2. The van der Waals surface area contributed by atoms with Gasteiger partial charge in [-0.15, -0.1) is 0 Å². The van der Waals surface area contributed by atoms with Gasteiger partial charge < -0.3 is 25.2 Å². The number of methoxy groups -OCH3 is 1. The number of carboxylic acids is 1. The smallest absolute Gasteiger partial charge is 0.303 e. The number of fused-ring (bicyclic) bond motifs is 1. The molecule has 0 amide bonds. The van der Waals surface area contributed by atoms with Crippen molar-refractivity contribution in [3.63, 3.8) is 0 Å². The molecule has 2 heterocycles. The minimum absolute atomic E-state index is 0.0177. The van der Waals surface area contributed by atoms with E-state index in [9.17, 15) is 28.2 Å². The number of piperidine rings is 1. The van der Waals surface area contributed by atoms with Crippen LogP contribution in [0.1, 0.15) is 49.3 Å². The Balaban J connectivity index is 1.38. The molecule has 0 unspecified atom stereocenters. The zero-order valence-corrected chi connectivity index (χ0v) is 22.1. The molecule has 1 aromatic heterocycles. The van der Waals surface area contributed by atoms with Crippen LogP contribution in [0.3, 0.4) is 0 Å². The van der Waals surface area contributed by atoms with Gasteiger partial charge in [0.05, 0.1) is 25.2 Å². The van der Waals surface area contributed by atoms with Gasteiger partial charge in [-0.25, -0.2) is 13.2 Å². The van der Waals surface area contributed by atoms with Gasteiger partial charge in [0.25, 0.3) is 0 Å². The maximum Gasteiger partial charge on any atom is 0.303 e. The molecule has 10 heteroatoms. The largest absolute Gasteiger partial charge is 0.497 e. The quantitative estimate of drug-likeness (QED) is 0.276. The molecule has 3 N–H and O–H groups in total. The Bertz CT molecular complexity index is 1310. The second-order valence-electron chi connectivity index (χ2n) is 10.4. The SMILES string of the molecule is COc1ccc2ncc(C)c([C@H](O)CCC3(CC(=O)O)CCN(CCNc4cc(F)c(F)c(F)c4)CC3)c2c1. The molecule has 0 spiro atoms. The van der Waals surface area contributed by atoms with Crippen molar-refractivity contribution in [1.82, 2.24) is 9.88 Å². The number of pyridine rings is 1. The van der Waals surface area contributed by atoms with E-state index in [1.54, 1.807) is 13.3 Å². The Morgan fingerprint density at radius 1 is 1.18 bits per heavy atom. The lowest BCUT2D eigenvalue weighted by molar-refractivity contribution is -0.141. The summed E-state index contributed by atoms with van der Waals surface area (Å²) >= 11 is 0. The lowest BCUT2D eigenvalue weighted by atomic mass is 9.71. The van der Waals surface area contributed by atoms with Gasteiger partial charge >= 0.3 is 5.97 Å². The number of carboxylic acid groups (broad SMARTS) is 1. The van der Waals surface area contributed by atoms with Crippen molar-refractivity contribution in [3.8, 4) is 5.75 Å². The van der Waals surface area contributed by atoms with Crippen LogP contribution in [0.25, 0.3) is 10.9 Å². The normalized spacial score (nSPS) is 16.3. The minimum Gasteiger partial charge on any atom is -0.497 e. The van der Waals surface area contributed by atoms with Crippen molar-refractivity contribution in [2.45, 2.75) is 45.1 Å². The number of benzene rings is 2. The zero-order valence-electron chi connectivity index (χ0n) is 22.1. The molecular formula is C29H34F3N3O4. The number of aliphatic hydroxyl groups is 1. The Hall–Kier alpha value is -3.37. The van der Waals surface area contributed by atoms with Crippen molar-refractivity contribution in [2.24, 2.45) is 5.41 Å². The molecule has 39 heavy (non-hydrogen) atoms. The van der Waals surface area contributed by atoms with Crippen LogP contribution in [0.15, 0.2) is 36.5 Å². The van der Waals surface area contributed by atoms with Gasteiger partial charge in [-0.2, -0.15) is 0 Å².